The number of hydrogen-bond donors (Lipinski definition) is 0. The molecule has 24 heavy (non-hydrogen) atoms. The third-order valence-electron chi connectivity index (χ3n) is 4.46. The second-order valence-electron chi connectivity index (χ2n) is 6.65. The standard InChI is InChI=1S/C21H24N2O/c1-16(2)18-9-10-20-19(13-18)11-12-23(20)15-21(24)22(3)14-17-7-5-4-6-8-17/h4-13,16H,14-15H2,1-3H3. The minimum Gasteiger partial charge on any atom is -0.340 e. The first-order chi connectivity index (χ1) is 11.5. The lowest BCUT2D eigenvalue weighted by atomic mass is 10.0. The van der Waals surface area contributed by atoms with Crippen molar-refractivity contribution in [3.05, 3.63) is 71.9 Å². The molecule has 3 aromatic rings. The number of amides is 1. The predicted octanol–water partition coefficient (Wildman–Crippen LogP) is 4.42. The van der Waals surface area contributed by atoms with Gasteiger partial charge in [0.15, 0.2) is 0 Å². The molecule has 1 amide bonds. The van der Waals surface area contributed by atoms with Crippen LogP contribution in [0.1, 0.15) is 30.9 Å². The molecule has 0 aliphatic rings. The molecule has 0 spiro atoms. The van der Waals surface area contributed by atoms with E-state index in [2.05, 4.69) is 38.1 Å². The molecule has 0 atom stereocenters. The van der Waals surface area contributed by atoms with Gasteiger partial charge in [0.05, 0.1) is 0 Å². The van der Waals surface area contributed by atoms with Crippen LogP contribution in [-0.2, 0) is 17.9 Å². The number of hydrogen-bond acceptors (Lipinski definition) is 1. The summed E-state index contributed by atoms with van der Waals surface area (Å²) in [4.78, 5) is 14.3. The van der Waals surface area contributed by atoms with Gasteiger partial charge in [-0.25, -0.2) is 0 Å². The van der Waals surface area contributed by atoms with Crippen molar-refractivity contribution in [3.63, 3.8) is 0 Å². The van der Waals surface area contributed by atoms with E-state index in [9.17, 15) is 4.79 Å². The Morgan fingerprint density at radius 2 is 1.83 bits per heavy atom. The van der Waals surface area contributed by atoms with Gasteiger partial charge in [0.25, 0.3) is 0 Å². The molecule has 0 saturated carbocycles. The molecule has 1 heterocycles. The molecule has 3 rings (SSSR count). The number of aromatic nitrogens is 1. The van der Waals surface area contributed by atoms with E-state index in [1.807, 2.05) is 48.1 Å². The fraction of sp³-hybridized carbons (Fsp3) is 0.286. The van der Waals surface area contributed by atoms with Crippen LogP contribution in [0.5, 0.6) is 0 Å². The lowest BCUT2D eigenvalue weighted by molar-refractivity contribution is -0.131. The lowest BCUT2D eigenvalue weighted by Crippen LogP contribution is -2.29. The summed E-state index contributed by atoms with van der Waals surface area (Å²) in [5, 5.41) is 1.19. The summed E-state index contributed by atoms with van der Waals surface area (Å²) in [6.45, 7) is 5.39. The second-order valence-corrected chi connectivity index (χ2v) is 6.65. The van der Waals surface area contributed by atoms with Crippen molar-refractivity contribution in [2.24, 2.45) is 0 Å². The largest absolute Gasteiger partial charge is 0.340 e. The Morgan fingerprint density at radius 1 is 1.08 bits per heavy atom. The second kappa shape index (κ2) is 6.91. The summed E-state index contributed by atoms with van der Waals surface area (Å²) in [7, 11) is 1.86. The Balaban J connectivity index is 1.73. The Bertz CT molecular complexity index is 833. The number of carbonyl (C=O) groups is 1. The van der Waals surface area contributed by atoms with Crippen LogP contribution in [0.15, 0.2) is 60.8 Å². The van der Waals surface area contributed by atoms with Crippen LogP contribution >= 0.6 is 0 Å². The summed E-state index contributed by atoms with van der Waals surface area (Å²) in [5.74, 6) is 0.626. The highest BCUT2D eigenvalue weighted by molar-refractivity contribution is 5.84. The van der Waals surface area contributed by atoms with E-state index in [0.717, 1.165) is 11.1 Å². The maximum atomic E-state index is 12.5. The molecule has 0 aliphatic carbocycles. The fourth-order valence-corrected chi connectivity index (χ4v) is 2.93. The van der Waals surface area contributed by atoms with Crippen molar-refractivity contribution >= 4 is 16.8 Å². The molecule has 2 aromatic carbocycles. The first-order valence-electron chi connectivity index (χ1n) is 8.41. The van der Waals surface area contributed by atoms with E-state index < -0.39 is 0 Å². The molecular formula is C21H24N2O. The van der Waals surface area contributed by atoms with Gasteiger partial charge in [0.2, 0.25) is 5.91 Å². The minimum absolute atomic E-state index is 0.115. The molecule has 0 saturated heterocycles. The van der Waals surface area contributed by atoms with E-state index in [0.29, 0.717) is 19.0 Å². The number of rotatable bonds is 5. The molecule has 3 nitrogen and oxygen atoms in total. The van der Waals surface area contributed by atoms with Gasteiger partial charge in [-0.3, -0.25) is 4.79 Å². The fourth-order valence-electron chi connectivity index (χ4n) is 2.93. The summed E-state index contributed by atoms with van der Waals surface area (Å²) in [6, 6.07) is 18.7. The van der Waals surface area contributed by atoms with Gasteiger partial charge in [-0.15, -0.1) is 0 Å². The molecule has 1 aromatic heterocycles. The van der Waals surface area contributed by atoms with Gasteiger partial charge in [0, 0.05) is 25.3 Å². The Hall–Kier alpha value is -2.55. The van der Waals surface area contributed by atoms with Crippen LogP contribution in [0.4, 0.5) is 0 Å². The highest BCUT2D eigenvalue weighted by Crippen LogP contribution is 2.22. The number of benzene rings is 2. The summed E-state index contributed by atoms with van der Waals surface area (Å²) in [5.41, 5.74) is 3.58. The zero-order chi connectivity index (χ0) is 17.1. The quantitative estimate of drug-likeness (QED) is 0.683. The van der Waals surface area contributed by atoms with Crippen molar-refractivity contribution in [3.8, 4) is 0 Å². The summed E-state index contributed by atoms with van der Waals surface area (Å²) in [6.07, 6.45) is 2.00. The van der Waals surface area contributed by atoms with E-state index in [1.54, 1.807) is 4.90 Å². The lowest BCUT2D eigenvalue weighted by Gasteiger charge is -2.18. The van der Waals surface area contributed by atoms with Gasteiger partial charge >= 0.3 is 0 Å². The third kappa shape index (κ3) is 3.51. The molecule has 124 valence electrons. The van der Waals surface area contributed by atoms with Crippen molar-refractivity contribution in [2.75, 3.05) is 7.05 Å². The molecule has 0 bridgehead atoms. The average Bonchev–Trinajstić information content (AvgIpc) is 2.98. The van der Waals surface area contributed by atoms with Gasteiger partial charge in [-0.1, -0.05) is 50.2 Å². The van der Waals surface area contributed by atoms with Crippen LogP contribution in [0.25, 0.3) is 10.9 Å². The predicted molar refractivity (Wildman–Crippen MR) is 98.9 cm³/mol. The van der Waals surface area contributed by atoms with Gasteiger partial charge in [-0.2, -0.15) is 0 Å². The first-order valence-corrected chi connectivity index (χ1v) is 8.41. The third-order valence-corrected chi connectivity index (χ3v) is 4.46. The molecule has 0 aliphatic heterocycles. The van der Waals surface area contributed by atoms with E-state index >= 15 is 0 Å². The van der Waals surface area contributed by atoms with E-state index in [1.165, 1.54) is 10.9 Å². The van der Waals surface area contributed by atoms with Crippen LogP contribution in [0, 0.1) is 0 Å². The number of fused-ring (bicyclic) bond motifs is 1. The van der Waals surface area contributed by atoms with Crippen LogP contribution in [0.3, 0.4) is 0 Å². The first kappa shape index (κ1) is 16.3. The van der Waals surface area contributed by atoms with Crippen LogP contribution in [0.2, 0.25) is 0 Å². The zero-order valence-corrected chi connectivity index (χ0v) is 14.6. The topological polar surface area (TPSA) is 25.2 Å². The monoisotopic (exact) mass is 320 g/mol. The maximum absolute atomic E-state index is 12.5. The Morgan fingerprint density at radius 3 is 2.54 bits per heavy atom. The Labute approximate surface area is 143 Å². The van der Waals surface area contributed by atoms with Gasteiger partial charge in [0.1, 0.15) is 6.54 Å². The minimum atomic E-state index is 0.115. The highest BCUT2D eigenvalue weighted by atomic mass is 16.2. The van der Waals surface area contributed by atoms with Gasteiger partial charge < -0.3 is 9.47 Å². The average molecular weight is 320 g/mol. The normalized spacial score (nSPS) is 11.2. The van der Waals surface area contributed by atoms with E-state index in [-0.39, 0.29) is 5.91 Å². The maximum Gasteiger partial charge on any atom is 0.242 e. The van der Waals surface area contributed by atoms with E-state index in [4.69, 9.17) is 0 Å². The Kier molecular flexibility index (Phi) is 4.70. The molecule has 0 fully saturated rings. The molecule has 3 heteroatoms. The SMILES string of the molecule is CC(C)c1ccc2c(ccn2CC(=O)N(C)Cc2ccccc2)c1. The highest BCUT2D eigenvalue weighted by Gasteiger charge is 2.12. The van der Waals surface area contributed by atoms with Gasteiger partial charge in [-0.05, 0) is 40.6 Å². The number of nitrogens with zero attached hydrogens (tertiary/aromatic N) is 2. The molecule has 0 N–H and O–H groups in total. The van der Waals surface area contributed by atoms with Crippen molar-refractivity contribution in [1.82, 2.24) is 9.47 Å². The smallest absolute Gasteiger partial charge is 0.242 e. The summed E-state index contributed by atoms with van der Waals surface area (Å²) < 4.78 is 2.03. The summed E-state index contributed by atoms with van der Waals surface area (Å²) >= 11 is 0. The molecular weight excluding hydrogens is 296 g/mol. The molecule has 0 unspecified atom stereocenters. The zero-order valence-electron chi connectivity index (χ0n) is 14.6. The van der Waals surface area contributed by atoms with Crippen LogP contribution in [-0.4, -0.2) is 22.4 Å². The van der Waals surface area contributed by atoms with Crippen LogP contribution < -0.4 is 0 Å². The number of carbonyl (C=O) groups excluding carboxylic acids is 1. The van der Waals surface area contributed by atoms with Crippen molar-refractivity contribution < 1.29 is 4.79 Å². The van der Waals surface area contributed by atoms with Crippen molar-refractivity contribution in [1.29, 1.82) is 0 Å². The number of likely N-dealkylation sites (N-methyl/N-ethyl adjacent to an activating group) is 1. The van der Waals surface area contributed by atoms with Crippen molar-refractivity contribution in [2.45, 2.75) is 32.9 Å². The molecule has 0 radical (unpaired) electrons.